The van der Waals surface area contributed by atoms with Crippen LogP contribution in [0.15, 0.2) is 31.4 Å². The molecule has 0 saturated carbocycles. The third-order valence-corrected chi connectivity index (χ3v) is 2.66. The van der Waals surface area contributed by atoms with Crippen LogP contribution in [0.1, 0.15) is 28.7 Å². The van der Waals surface area contributed by atoms with Gasteiger partial charge in [0.2, 0.25) is 0 Å². The van der Waals surface area contributed by atoms with E-state index in [0.717, 1.165) is 12.8 Å². The van der Waals surface area contributed by atoms with Crippen molar-refractivity contribution in [3.63, 3.8) is 0 Å². The fraction of sp³-hybridized carbons (Fsp3) is 0.143. The number of hydrogen-bond donors (Lipinski definition) is 0. The molecular formula is C14H14. The summed E-state index contributed by atoms with van der Waals surface area (Å²) in [5.74, 6) is 0. The first kappa shape index (κ1) is 9.01. The number of hydrogen-bond acceptors (Lipinski definition) is 0. The Balaban J connectivity index is 2.61. The predicted octanol–water partition coefficient (Wildman–Crippen LogP) is 3.93. The zero-order valence-corrected chi connectivity index (χ0v) is 8.29. The van der Waals surface area contributed by atoms with Crippen LogP contribution >= 0.6 is 0 Å². The number of fused-ring (bicyclic) bond motifs is 1. The predicted molar refractivity (Wildman–Crippen MR) is 64.0 cm³/mol. The van der Waals surface area contributed by atoms with Crippen LogP contribution in [0.2, 0.25) is 0 Å². The lowest BCUT2D eigenvalue weighted by Gasteiger charge is -2.13. The van der Waals surface area contributed by atoms with E-state index in [-0.39, 0.29) is 0 Å². The summed E-state index contributed by atoms with van der Waals surface area (Å²) in [4.78, 5) is 0. The van der Waals surface area contributed by atoms with Crippen LogP contribution < -0.4 is 0 Å². The summed E-state index contributed by atoms with van der Waals surface area (Å²) < 4.78 is 0. The third kappa shape index (κ3) is 1.44. The minimum absolute atomic E-state index is 1.14. The second-order valence-electron chi connectivity index (χ2n) is 3.53. The van der Waals surface area contributed by atoms with E-state index in [0.29, 0.717) is 0 Å². The zero-order valence-electron chi connectivity index (χ0n) is 8.29. The van der Waals surface area contributed by atoms with Gasteiger partial charge in [-0.3, -0.25) is 0 Å². The number of aryl methyl sites for hydroxylation is 1. The first-order valence-electron chi connectivity index (χ1n) is 4.93. The standard InChI is InChI=1S/C14H14/c1-3-11-9-13-7-5-6-8-14(13)10-12(11)4-2/h3-5,7,9-10H,1-2,6,8H2. The van der Waals surface area contributed by atoms with Crippen LogP contribution in [0.25, 0.3) is 18.2 Å². The van der Waals surface area contributed by atoms with E-state index in [1.165, 1.54) is 22.3 Å². The molecule has 0 unspecified atom stereocenters. The van der Waals surface area contributed by atoms with Crippen molar-refractivity contribution in [1.29, 1.82) is 0 Å². The second-order valence-corrected chi connectivity index (χ2v) is 3.53. The van der Waals surface area contributed by atoms with Crippen LogP contribution in [0, 0.1) is 0 Å². The molecule has 0 saturated heterocycles. The Hall–Kier alpha value is -1.56. The molecule has 0 radical (unpaired) electrons. The highest BCUT2D eigenvalue weighted by atomic mass is 14.1. The van der Waals surface area contributed by atoms with Crippen molar-refractivity contribution < 1.29 is 0 Å². The summed E-state index contributed by atoms with van der Waals surface area (Å²) in [6.07, 6.45) is 10.5. The van der Waals surface area contributed by atoms with E-state index in [1.54, 1.807) is 0 Å². The van der Waals surface area contributed by atoms with Crippen LogP contribution in [0.5, 0.6) is 0 Å². The summed E-state index contributed by atoms with van der Waals surface area (Å²) in [6, 6.07) is 4.41. The summed E-state index contributed by atoms with van der Waals surface area (Å²) in [5, 5.41) is 0. The Morgan fingerprint density at radius 1 is 1.07 bits per heavy atom. The van der Waals surface area contributed by atoms with Gasteiger partial charge in [-0.2, -0.15) is 0 Å². The van der Waals surface area contributed by atoms with Crippen LogP contribution in [-0.2, 0) is 6.42 Å². The van der Waals surface area contributed by atoms with Gasteiger partial charge in [0, 0.05) is 0 Å². The average Bonchev–Trinajstić information content (AvgIpc) is 2.27. The maximum atomic E-state index is 3.82. The smallest absolute Gasteiger partial charge is 0.0184 e. The molecule has 0 atom stereocenters. The van der Waals surface area contributed by atoms with Crippen molar-refractivity contribution in [3.05, 3.63) is 53.6 Å². The van der Waals surface area contributed by atoms with Gasteiger partial charge in [-0.1, -0.05) is 43.5 Å². The van der Waals surface area contributed by atoms with Gasteiger partial charge in [0.25, 0.3) is 0 Å². The monoisotopic (exact) mass is 182 g/mol. The Bertz CT molecular complexity index is 408. The van der Waals surface area contributed by atoms with Crippen molar-refractivity contribution in [2.45, 2.75) is 12.8 Å². The maximum Gasteiger partial charge on any atom is -0.0184 e. The number of rotatable bonds is 2. The molecule has 14 heavy (non-hydrogen) atoms. The van der Waals surface area contributed by atoms with Crippen LogP contribution in [0.4, 0.5) is 0 Å². The maximum absolute atomic E-state index is 3.82. The molecule has 0 bridgehead atoms. The van der Waals surface area contributed by atoms with E-state index in [9.17, 15) is 0 Å². The highest BCUT2D eigenvalue weighted by Gasteiger charge is 2.06. The van der Waals surface area contributed by atoms with Gasteiger partial charge in [-0.25, -0.2) is 0 Å². The van der Waals surface area contributed by atoms with Gasteiger partial charge >= 0.3 is 0 Å². The highest BCUT2D eigenvalue weighted by molar-refractivity contribution is 5.70. The lowest BCUT2D eigenvalue weighted by molar-refractivity contribution is 0.984. The molecule has 0 aromatic heterocycles. The highest BCUT2D eigenvalue weighted by Crippen LogP contribution is 2.24. The molecular weight excluding hydrogens is 168 g/mol. The van der Waals surface area contributed by atoms with Crippen molar-refractivity contribution in [2.75, 3.05) is 0 Å². The summed E-state index contributed by atoms with van der Waals surface area (Å²) in [6.45, 7) is 7.64. The second kappa shape index (κ2) is 3.67. The van der Waals surface area contributed by atoms with Crippen molar-refractivity contribution in [3.8, 4) is 0 Å². The summed E-state index contributed by atoms with van der Waals surface area (Å²) in [7, 11) is 0. The SMILES string of the molecule is C=Cc1cc2c(cc1C=C)CCC=C2. The minimum atomic E-state index is 1.14. The molecule has 1 aromatic rings. The molecule has 1 aliphatic rings. The quantitative estimate of drug-likeness (QED) is 0.650. The summed E-state index contributed by atoms with van der Waals surface area (Å²) in [5.41, 5.74) is 5.11. The fourth-order valence-corrected chi connectivity index (χ4v) is 1.87. The molecule has 0 aliphatic heterocycles. The van der Waals surface area contributed by atoms with Crippen molar-refractivity contribution in [1.82, 2.24) is 0 Å². The molecule has 1 aliphatic carbocycles. The Labute approximate surface area is 85.3 Å². The topological polar surface area (TPSA) is 0 Å². The lowest BCUT2D eigenvalue weighted by atomic mass is 9.92. The van der Waals surface area contributed by atoms with E-state index in [2.05, 4.69) is 37.4 Å². The Morgan fingerprint density at radius 3 is 2.50 bits per heavy atom. The number of benzene rings is 1. The molecule has 2 rings (SSSR count). The van der Waals surface area contributed by atoms with Crippen molar-refractivity contribution >= 4 is 18.2 Å². The van der Waals surface area contributed by atoms with E-state index in [4.69, 9.17) is 0 Å². The zero-order chi connectivity index (χ0) is 9.97. The first-order valence-corrected chi connectivity index (χ1v) is 4.93. The lowest BCUT2D eigenvalue weighted by Crippen LogP contribution is -1.96. The third-order valence-electron chi connectivity index (χ3n) is 2.66. The minimum Gasteiger partial charge on any atom is -0.0984 e. The number of allylic oxidation sites excluding steroid dienone is 1. The van der Waals surface area contributed by atoms with Gasteiger partial charge in [0.15, 0.2) is 0 Å². The van der Waals surface area contributed by atoms with Gasteiger partial charge in [-0.05, 0) is 41.2 Å². The largest absolute Gasteiger partial charge is 0.0984 e. The molecule has 0 heterocycles. The molecule has 1 aromatic carbocycles. The van der Waals surface area contributed by atoms with E-state index < -0.39 is 0 Å². The molecule has 0 fully saturated rings. The molecule has 0 amide bonds. The fourth-order valence-electron chi connectivity index (χ4n) is 1.87. The first-order chi connectivity index (χ1) is 6.85. The molecule has 0 spiro atoms. The van der Waals surface area contributed by atoms with Gasteiger partial charge in [-0.15, -0.1) is 0 Å². The molecule has 0 heteroatoms. The van der Waals surface area contributed by atoms with Crippen LogP contribution in [0.3, 0.4) is 0 Å². The van der Waals surface area contributed by atoms with Crippen molar-refractivity contribution in [2.24, 2.45) is 0 Å². The molecule has 70 valence electrons. The van der Waals surface area contributed by atoms with Gasteiger partial charge in [0.05, 0.1) is 0 Å². The molecule has 0 nitrogen and oxygen atoms in total. The Morgan fingerprint density at radius 2 is 1.79 bits per heavy atom. The molecule has 0 N–H and O–H groups in total. The van der Waals surface area contributed by atoms with E-state index in [1.807, 2.05) is 12.2 Å². The Kier molecular flexibility index (Phi) is 2.36. The van der Waals surface area contributed by atoms with Gasteiger partial charge in [0.1, 0.15) is 0 Å². The van der Waals surface area contributed by atoms with Crippen LogP contribution in [-0.4, -0.2) is 0 Å². The average molecular weight is 182 g/mol. The normalized spacial score (nSPS) is 13.4. The van der Waals surface area contributed by atoms with E-state index >= 15 is 0 Å². The summed E-state index contributed by atoms with van der Waals surface area (Å²) >= 11 is 0. The van der Waals surface area contributed by atoms with Gasteiger partial charge < -0.3 is 0 Å².